The van der Waals surface area contributed by atoms with Gasteiger partial charge in [0.15, 0.2) is 0 Å². The maximum absolute atomic E-state index is 12.2. The van der Waals surface area contributed by atoms with Crippen LogP contribution in [-0.4, -0.2) is 22.1 Å². The zero-order valence-corrected chi connectivity index (χ0v) is 14.7. The number of aromatic amines is 1. The minimum atomic E-state index is -0.200. The van der Waals surface area contributed by atoms with E-state index in [4.69, 9.17) is 4.74 Å². The zero-order chi connectivity index (χ0) is 18.6. The first-order valence-electron chi connectivity index (χ1n) is 8.49. The Morgan fingerprint density at radius 2 is 1.56 bits per heavy atom. The monoisotopic (exact) mass is 355 g/mol. The molecule has 2 aromatic heterocycles. The van der Waals surface area contributed by atoms with Crippen molar-refractivity contribution in [2.75, 3.05) is 7.11 Å². The van der Waals surface area contributed by atoms with Crippen LogP contribution in [0.3, 0.4) is 0 Å². The SMILES string of the molecule is COc1ccc(-c2cncc(-c3cc(=O)[nH]c(-c4ccccc4)n3)c2)cc1. The second-order valence-corrected chi connectivity index (χ2v) is 6.04. The number of nitrogens with one attached hydrogen (secondary N) is 1. The maximum atomic E-state index is 12.2. The van der Waals surface area contributed by atoms with E-state index in [1.165, 1.54) is 6.07 Å². The largest absolute Gasteiger partial charge is 0.497 e. The number of pyridine rings is 1. The Morgan fingerprint density at radius 3 is 2.30 bits per heavy atom. The molecule has 0 saturated heterocycles. The summed E-state index contributed by atoms with van der Waals surface area (Å²) < 4.78 is 5.20. The van der Waals surface area contributed by atoms with Gasteiger partial charge in [0, 0.05) is 35.2 Å². The Labute approximate surface area is 156 Å². The van der Waals surface area contributed by atoms with Crippen molar-refractivity contribution in [2.24, 2.45) is 0 Å². The average molecular weight is 355 g/mol. The van der Waals surface area contributed by atoms with E-state index in [0.29, 0.717) is 11.5 Å². The highest BCUT2D eigenvalue weighted by atomic mass is 16.5. The molecule has 27 heavy (non-hydrogen) atoms. The fourth-order valence-corrected chi connectivity index (χ4v) is 2.86. The molecule has 0 unspecified atom stereocenters. The van der Waals surface area contributed by atoms with Crippen molar-refractivity contribution in [3.8, 4) is 39.5 Å². The third-order valence-corrected chi connectivity index (χ3v) is 4.25. The highest BCUT2D eigenvalue weighted by Crippen LogP contribution is 2.26. The van der Waals surface area contributed by atoms with Crippen LogP contribution in [-0.2, 0) is 0 Å². The van der Waals surface area contributed by atoms with Gasteiger partial charge in [0.2, 0.25) is 0 Å². The molecule has 0 radical (unpaired) electrons. The zero-order valence-electron chi connectivity index (χ0n) is 14.7. The lowest BCUT2D eigenvalue weighted by atomic mass is 10.0. The molecule has 0 bridgehead atoms. The fourth-order valence-electron chi connectivity index (χ4n) is 2.86. The van der Waals surface area contributed by atoms with E-state index in [0.717, 1.165) is 28.0 Å². The Morgan fingerprint density at radius 1 is 0.815 bits per heavy atom. The van der Waals surface area contributed by atoms with Gasteiger partial charge in [-0.3, -0.25) is 9.78 Å². The number of ether oxygens (including phenoxy) is 1. The van der Waals surface area contributed by atoms with Gasteiger partial charge in [-0.15, -0.1) is 0 Å². The summed E-state index contributed by atoms with van der Waals surface area (Å²) in [5.74, 6) is 1.33. The fraction of sp³-hybridized carbons (Fsp3) is 0.0455. The van der Waals surface area contributed by atoms with Crippen molar-refractivity contribution in [3.05, 3.63) is 89.5 Å². The van der Waals surface area contributed by atoms with Crippen LogP contribution in [0.5, 0.6) is 5.75 Å². The summed E-state index contributed by atoms with van der Waals surface area (Å²) in [4.78, 5) is 23.9. The molecule has 0 aliphatic carbocycles. The molecule has 0 amide bonds. The van der Waals surface area contributed by atoms with Crippen LogP contribution in [0, 0.1) is 0 Å². The van der Waals surface area contributed by atoms with E-state index in [1.807, 2.05) is 60.7 Å². The van der Waals surface area contributed by atoms with Gasteiger partial charge in [-0.1, -0.05) is 42.5 Å². The van der Waals surface area contributed by atoms with Gasteiger partial charge in [-0.2, -0.15) is 0 Å². The second-order valence-electron chi connectivity index (χ2n) is 6.04. The van der Waals surface area contributed by atoms with Crippen LogP contribution in [0.4, 0.5) is 0 Å². The molecular formula is C22H17N3O2. The molecule has 4 aromatic rings. The Kier molecular flexibility index (Phi) is 4.49. The van der Waals surface area contributed by atoms with Gasteiger partial charge < -0.3 is 9.72 Å². The van der Waals surface area contributed by atoms with Crippen molar-refractivity contribution in [3.63, 3.8) is 0 Å². The molecule has 4 rings (SSSR count). The van der Waals surface area contributed by atoms with Crippen molar-refractivity contribution in [1.82, 2.24) is 15.0 Å². The van der Waals surface area contributed by atoms with Gasteiger partial charge in [0.05, 0.1) is 12.8 Å². The number of hydrogen-bond acceptors (Lipinski definition) is 4. The Balaban J connectivity index is 1.75. The molecule has 2 aromatic carbocycles. The second kappa shape index (κ2) is 7.25. The quantitative estimate of drug-likeness (QED) is 0.596. The molecule has 5 nitrogen and oxygen atoms in total. The van der Waals surface area contributed by atoms with Crippen molar-refractivity contribution >= 4 is 0 Å². The van der Waals surface area contributed by atoms with Crippen LogP contribution in [0.1, 0.15) is 0 Å². The lowest BCUT2D eigenvalue weighted by molar-refractivity contribution is 0.415. The summed E-state index contributed by atoms with van der Waals surface area (Å²) in [5, 5.41) is 0. The molecule has 0 atom stereocenters. The highest BCUT2D eigenvalue weighted by Gasteiger charge is 2.08. The molecule has 0 spiro atoms. The van der Waals surface area contributed by atoms with Gasteiger partial charge in [0.1, 0.15) is 11.6 Å². The van der Waals surface area contributed by atoms with E-state index >= 15 is 0 Å². The number of hydrogen-bond donors (Lipinski definition) is 1. The smallest absolute Gasteiger partial charge is 0.251 e. The molecule has 0 aliphatic heterocycles. The number of benzene rings is 2. The predicted molar refractivity (Wildman–Crippen MR) is 106 cm³/mol. The molecule has 0 fully saturated rings. The van der Waals surface area contributed by atoms with Gasteiger partial charge in [-0.25, -0.2) is 4.98 Å². The van der Waals surface area contributed by atoms with Gasteiger partial charge in [0.25, 0.3) is 5.56 Å². The van der Waals surface area contributed by atoms with Crippen molar-refractivity contribution in [1.29, 1.82) is 0 Å². The van der Waals surface area contributed by atoms with Crippen LogP contribution in [0.25, 0.3) is 33.8 Å². The van der Waals surface area contributed by atoms with E-state index in [9.17, 15) is 4.79 Å². The Hall–Kier alpha value is -3.73. The maximum Gasteiger partial charge on any atom is 0.251 e. The number of methoxy groups -OCH3 is 1. The highest BCUT2D eigenvalue weighted by molar-refractivity contribution is 5.71. The molecule has 1 N–H and O–H groups in total. The van der Waals surface area contributed by atoms with Gasteiger partial charge >= 0.3 is 0 Å². The summed E-state index contributed by atoms with van der Waals surface area (Å²) in [6.45, 7) is 0. The lowest BCUT2D eigenvalue weighted by Crippen LogP contribution is -2.08. The summed E-state index contributed by atoms with van der Waals surface area (Å²) in [7, 11) is 1.64. The molecular weight excluding hydrogens is 338 g/mol. The number of H-pyrrole nitrogens is 1. The van der Waals surface area contributed by atoms with Crippen molar-refractivity contribution in [2.45, 2.75) is 0 Å². The Bertz CT molecular complexity index is 1120. The average Bonchev–Trinajstić information content (AvgIpc) is 2.74. The first-order valence-corrected chi connectivity index (χ1v) is 8.49. The first-order chi connectivity index (χ1) is 13.2. The minimum absolute atomic E-state index is 0.200. The molecule has 2 heterocycles. The minimum Gasteiger partial charge on any atom is -0.497 e. The van der Waals surface area contributed by atoms with Crippen LogP contribution in [0.2, 0.25) is 0 Å². The molecule has 5 heteroatoms. The van der Waals surface area contributed by atoms with E-state index in [1.54, 1.807) is 19.5 Å². The van der Waals surface area contributed by atoms with Crippen molar-refractivity contribution < 1.29 is 4.74 Å². The molecule has 0 aliphatic rings. The first kappa shape index (κ1) is 16.7. The van der Waals surface area contributed by atoms with E-state index in [2.05, 4.69) is 15.0 Å². The third kappa shape index (κ3) is 3.62. The number of nitrogens with zero attached hydrogens (tertiary/aromatic N) is 2. The van der Waals surface area contributed by atoms with Gasteiger partial charge in [-0.05, 0) is 23.8 Å². The van der Waals surface area contributed by atoms with E-state index < -0.39 is 0 Å². The van der Waals surface area contributed by atoms with Crippen LogP contribution >= 0.6 is 0 Å². The van der Waals surface area contributed by atoms with E-state index in [-0.39, 0.29) is 5.56 Å². The number of aromatic nitrogens is 3. The standard InChI is InChI=1S/C22H17N3O2/c1-27-19-9-7-15(8-10-19)17-11-18(14-23-13-17)20-12-21(26)25-22(24-20)16-5-3-2-4-6-16/h2-14H,1H3,(H,24,25,26). The third-order valence-electron chi connectivity index (χ3n) is 4.25. The predicted octanol–water partition coefficient (Wildman–Crippen LogP) is 4.17. The summed E-state index contributed by atoms with van der Waals surface area (Å²) in [6.07, 6.45) is 3.50. The normalized spacial score (nSPS) is 10.6. The van der Waals surface area contributed by atoms with Crippen LogP contribution in [0.15, 0.2) is 83.9 Å². The summed E-state index contributed by atoms with van der Waals surface area (Å²) in [5.41, 5.74) is 3.98. The molecule has 132 valence electrons. The number of rotatable bonds is 4. The summed E-state index contributed by atoms with van der Waals surface area (Å²) >= 11 is 0. The summed E-state index contributed by atoms with van der Waals surface area (Å²) in [6, 6.07) is 20.8. The lowest BCUT2D eigenvalue weighted by Gasteiger charge is -2.07. The topological polar surface area (TPSA) is 67.9 Å². The molecule has 0 saturated carbocycles. The van der Waals surface area contributed by atoms with Crippen LogP contribution < -0.4 is 10.3 Å².